The van der Waals surface area contributed by atoms with Crippen LogP contribution in [-0.4, -0.2) is 32.7 Å². The number of anilines is 2. The van der Waals surface area contributed by atoms with Gasteiger partial charge in [-0.15, -0.1) is 0 Å². The van der Waals surface area contributed by atoms with Crippen LogP contribution in [0.2, 0.25) is 0 Å². The maximum absolute atomic E-state index is 11.8. The van der Waals surface area contributed by atoms with Crippen molar-refractivity contribution in [3.63, 3.8) is 0 Å². The molecule has 0 atom stereocenters. The molecule has 2 heterocycles. The van der Waals surface area contributed by atoms with Crippen molar-refractivity contribution in [1.82, 2.24) is 25.1 Å². The Hall–Kier alpha value is -2.96. The molecule has 0 saturated carbocycles. The van der Waals surface area contributed by atoms with E-state index in [0.717, 1.165) is 29.0 Å². The largest absolute Gasteiger partial charge is 0.355 e. The lowest BCUT2D eigenvalue weighted by atomic mass is 10.2. The van der Waals surface area contributed by atoms with E-state index >= 15 is 0 Å². The zero-order chi connectivity index (χ0) is 17.3. The minimum Gasteiger partial charge on any atom is -0.355 e. The summed E-state index contributed by atoms with van der Waals surface area (Å²) in [6.07, 6.45) is 0. The highest BCUT2D eigenvalue weighted by Crippen LogP contribution is 2.26. The van der Waals surface area contributed by atoms with Crippen LogP contribution >= 0.6 is 0 Å². The quantitative estimate of drug-likeness (QED) is 0.770. The van der Waals surface area contributed by atoms with Gasteiger partial charge in [-0.25, -0.2) is 9.97 Å². The molecule has 7 heteroatoms. The van der Waals surface area contributed by atoms with Crippen molar-refractivity contribution in [2.75, 3.05) is 12.4 Å². The van der Waals surface area contributed by atoms with Crippen molar-refractivity contribution in [2.45, 2.75) is 27.3 Å². The van der Waals surface area contributed by atoms with Gasteiger partial charge in [0.2, 0.25) is 0 Å². The first-order valence-electron chi connectivity index (χ1n) is 7.84. The standard InChI is InChI=1S/C17H20N6O/c1-5-23-15-14(10(2)22-23)19-11(3)20-16(15)21-13-8-6-7-12(9-13)17(24)18-4/h6-9H,5H2,1-4H3,(H,18,24)(H,19,20,21). The molecule has 2 aromatic heterocycles. The second-order valence-corrected chi connectivity index (χ2v) is 5.50. The van der Waals surface area contributed by atoms with Crippen molar-refractivity contribution in [3.05, 3.63) is 41.3 Å². The van der Waals surface area contributed by atoms with Gasteiger partial charge in [0.1, 0.15) is 16.9 Å². The number of aryl methyl sites for hydroxylation is 3. The molecule has 2 N–H and O–H groups in total. The first kappa shape index (κ1) is 15.9. The molecule has 0 bridgehead atoms. The van der Waals surface area contributed by atoms with Gasteiger partial charge >= 0.3 is 0 Å². The van der Waals surface area contributed by atoms with Crippen molar-refractivity contribution in [2.24, 2.45) is 0 Å². The van der Waals surface area contributed by atoms with E-state index in [0.29, 0.717) is 17.2 Å². The Morgan fingerprint density at radius 3 is 2.75 bits per heavy atom. The van der Waals surface area contributed by atoms with Crippen LogP contribution in [0, 0.1) is 13.8 Å². The number of nitrogens with one attached hydrogen (secondary N) is 2. The molecule has 0 fully saturated rings. The Balaban J connectivity index is 2.09. The zero-order valence-corrected chi connectivity index (χ0v) is 14.2. The third-order valence-electron chi connectivity index (χ3n) is 3.78. The fourth-order valence-electron chi connectivity index (χ4n) is 2.68. The van der Waals surface area contributed by atoms with Gasteiger partial charge in [-0.1, -0.05) is 6.07 Å². The maximum Gasteiger partial charge on any atom is 0.251 e. The van der Waals surface area contributed by atoms with Crippen LogP contribution in [0.4, 0.5) is 11.5 Å². The van der Waals surface area contributed by atoms with E-state index in [2.05, 4.69) is 25.7 Å². The molecule has 0 unspecified atom stereocenters. The Morgan fingerprint density at radius 2 is 2.04 bits per heavy atom. The molecule has 3 rings (SSSR count). The predicted molar refractivity (Wildman–Crippen MR) is 93.6 cm³/mol. The predicted octanol–water partition coefficient (Wildman–Crippen LogP) is 2.57. The zero-order valence-electron chi connectivity index (χ0n) is 14.2. The van der Waals surface area contributed by atoms with Crippen molar-refractivity contribution >= 4 is 28.4 Å². The molecule has 0 aliphatic heterocycles. The summed E-state index contributed by atoms with van der Waals surface area (Å²) in [4.78, 5) is 20.8. The van der Waals surface area contributed by atoms with E-state index in [1.165, 1.54) is 0 Å². The van der Waals surface area contributed by atoms with Crippen molar-refractivity contribution in [3.8, 4) is 0 Å². The number of fused-ring (bicyclic) bond motifs is 1. The SMILES string of the molecule is CCn1nc(C)c2nc(C)nc(Nc3cccc(C(=O)NC)c3)c21. The van der Waals surface area contributed by atoms with Crippen molar-refractivity contribution in [1.29, 1.82) is 0 Å². The number of carbonyl (C=O) groups is 1. The highest BCUT2D eigenvalue weighted by Gasteiger charge is 2.15. The molecule has 3 aromatic rings. The summed E-state index contributed by atoms with van der Waals surface area (Å²) >= 11 is 0. The van der Waals surface area contributed by atoms with Gasteiger partial charge in [-0.3, -0.25) is 9.48 Å². The van der Waals surface area contributed by atoms with Crippen LogP contribution < -0.4 is 10.6 Å². The Labute approximate surface area is 140 Å². The number of hydrogen-bond donors (Lipinski definition) is 2. The number of benzene rings is 1. The molecule has 0 aliphatic rings. The molecule has 0 spiro atoms. The Morgan fingerprint density at radius 1 is 1.25 bits per heavy atom. The minimum atomic E-state index is -0.128. The molecule has 1 aromatic carbocycles. The second kappa shape index (κ2) is 6.27. The van der Waals surface area contributed by atoms with Gasteiger partial charge in [-0.2, -0.15) is 5.10 Å². The van der Waals surface area contributed by atoms with Crippen molar-refractivity contribution < 1.29 is 4.79 Å². The summed E-state index contributed by atoms with van der Waals surface area (Å²) in [6, 6.07) is 7.29. The topological polar surface area (TPSA) is 84.7 Å². The number of carbonyl (C=O) groups excluding carboxylic acids is 1. The lowest BCUT2D eigenvalue weighted by Gasteiger charge is -2.10. The summed E-state index contributed by atoms with van der Waals surface area (Å²) in [5, 5.41) is 10.5. The van der Waals surface area contributed by atoms with Crippen LogP contribution in [0.15, 0.2) is 24.3 Å². The van der Waals surface area contributed by atoms with Crippen LogP contribution in [0.5, 0.6) is 0 Å². The van der Waals surface area contributed by atoms with Gasteiger partial charge in [0, 0.05) is 24.8 Å². The van der Waals surface area contributed by atoms with Gasteiger partial charge in [0.25, 0.3) is 5.91 Å². The van der Waals surface area contributed by atoms with E-state index in [1.807, 2.05) is 37.6 Å². The molecular weight excluding hydrogens is 304 g/mol. The van der Waals surface area contributed by atoms with E-state index in [1.54, 1.807) is 19.2 Å². The number of amides is 1. The van der Waals surface area contributed by atoms with Gasteiger partial charge in [0.15, 0.2) is 5.82 Å². The average Bonchev–Trinajstić information content (AvgIpc) is 2.90. The highest BCUT2D eigenvalue weighted by atomic mass is 16.1. The van der Waals surface area contributed by atoms with Crippen LogP contribution in [0.3, 0.4) is 0 Å². The summed E-state index contributed by atoms with van der Waals surface area (Å²) in [5.41, 5.74) is 3.96. The number of nitrogens with zero attached hydrogens (tertiary/aromatic N) is 4. The molecule has 124 valence electrons. The molecule has 0 saturated heterocycles. The lowest BCUT2D eigenvalue weighted by molar-refractivity contribution is 0.0963. The average molecular weight is 324 g/mol. The highest BCUT2D eigenvalue weighted by molar-refractivity contribution is 5.95. The molecule has 0 radical (unpaired) electrons. The molecule has 0 aliphatic carbocycles. The molecule has 24 heavy (non-hydrogen) atoms. The summed E-state index contributed by atoms with van der Waals surface area (Å²) in [5.74, 6) is 1.23. The van der Waals surface area contributed by atoms with E-state index in [-0.39, 0.29) is 5.91 Å². The third kappa shape index (κ3) is 2.80. The third-order valence-corrected chi connectivity index (χ3v) is 3.78. The maximum atomic E-state index is 11.8. The van der Waals surface area contributed by atoms with Crippen LogP contribution in [-0.2, 0) is 6.54 Å². The van der Waals surface area contributed by atoms with Gasteiger partial charge < -0.3 is 10.6 Å². The number of hydrogen-bond acceptors (Lipinski definition) is 5. The summed E-state index contributed by atoms with van der Waals surface area (Å²) in [6.45, 7) is 6.55. The minimum absolute atomic E-state index is 0.128. The first-order chi connectivity index (χ1) is 11.5. The first-order valence-corrected chi connectivity index (χ1v) is 7.84. The Bertz CT molecular complexity index is 915. The van der Waals surface area contributed by atoms with Gasteiger partial charge in [-0.05, 0) is 39.0 Å². The van der Waals surface area contributed by atoms with E-state index in [4.69, 9.17) is 0 Å². The summed E-state index contributed by atoms with van der Waals surface area (Å²) < 4.78 is 1.88. The molecule has 1 amide bonds. The fourth-order valence-corrected chi connectivity index (χ4v) is 2.68. The van der Waals surface area contributed by atoms with Crippen LogP contribution in [0.1, 0.15) is 28.8 Å². The molecule has 7 nitrogen and oxygen atoms in total. The van der Waals surface area contributed by atoms with E-state index < -0.39 is 0 Å². The molecular formula is C17H20N6O. The number of aromatic nitrogens is 4. The number of rotatable bonds is 4. The van der Waals surface area contributed by atoms with E-state index in [9.17, 15) is 4.79 Å². The Kier molecular flexibility index (Phi) is 4.16. The fraction of sp³-hybridized carbons (Fsp3) is 0.294. The monoisotopic (exact) mass is 324 g/mol. The van der Waals surface area contributed by atoms with Crippen LogP contribution in [0.25, 0.3) is 11.0 Å². The lowest BCUT2D eigenvalue weighted by Crippen LogP contribution is -2.17. The van der Waals surface area contributed by atoms with Gasteiger partial charge in [0.05, 0.1) is 5.69 Å². The summed E-state index contributed by atoms with van der Waals surface area (Å²) in [7, 11) is 1.61. The normalized spacial score (nSPS) is 10.8. The second-order valence-electron chi connectivity index (χ2n) is 5.50. The smallest absolute Gasteiger partial charge is 0.251 e.